The highest BCUT2D eigenvalue weighted by Crippen LogP contribution is 2.32. The van der Waals surface area contributed by atoms with Gasteiger partial charge in [0.1, 0.15) is 0 Å². The fourth-order valence-electron chi connectivity index (χ4n) is 1.08. The molecule has 3 heteroatoms. The van der Waals surface area contributed by atoms with Crippen LogP contribution >= 0.6 is 7.92 Å². The van der Waals surface area contributed by atoms with Crippen molar-refractivity contribution in [2.24, 2.45) is 0 Å². The standard InChI is InChI=1S/C9H21P.C2H4O2/c1-4-6-8-10(3)9-7-5-2;1-2(3)4/h4-9H2,1-3H3;1H3,(H,3,4). The molecule has 0 N–H and O–H groups in total. The minimum atomic E-state index is -1.08. The number of unbranched alkanes of at least 4 members (excludes halogenated alkanes) is 2. The minimum Gasteiger partial charge on any atom is -0.550 e. The topological polar surface area (TPSA) is 40.1 Å². The van der Waals surface area contributed by atoms with Gasteiger partial charge in [-0.1, -0.05) is 26.7 Å². The molecule has 0 aliphatic heterocycles. The zero-order valence-corrected chi connectivity index (χ0v) is 11.1. The minimum absolute atomic E-state index is 0.0851. The van der Waals surface area contributed by atoms with Crippen LogP contribution in [0.5, 0.6) is 0 Å². The van der Waals surface area contributed by atoms with Crippen LogP contribution in [0.3, 0.4) is 0 Å². The molecule has 0 aliphatic rings. The second-order valence-corrected chi connectivity index (χ2v) is 6.57. The molecule has 2 nitrogen and oxygen atoms in total. The number of carboxylic acid groups (broad SMARTS) is 1. The molecular formula is C11H25O2P. The normalized spacial score (nSPS) is 9.50. The highest BCUT2D eigenvalue weighted by Gasteiger charge is 2.05. The van der Waals surface area contributed by atoms with Crippen molar-refractivity contribution in [3.05, 3.63) is 0 Å². The van der Waals surface area contributed by atoms with E-state index in [1.165, 1.54) is 25.7 Å². The molecule has 14 heavy (non-hydrogen) atoms. The second-order valence-electron chi connectivity index (χ2n) is 3.66. The summed E-state index contributed by atoms with van der Waals surface area (Å²) >= 11 is 0. The zero-order chi connectivity index (χ0) is 11.4. The average Bonchev–Trinajstić information content (AvgIpc) is 2.10. The van der Waals surface area contributed by atoms with Crippen LogP contribution in [0.1, 0.15) is 46.5 Å². The molecule has 0 aromatic carbocycles. The van der Waals surface area contributed by atoms with Crippen molar-refractivity contribution in [2.45, 2.75) is 46.5 Å². The second kappa shape index (κ2) is 12.9. The van der Waals surface area contributed by atoms with E-state index in [2.05, 4.69) is 20.5 Å². The number of rotatable bonds is 6. The Hall–Kier alpha value is -0.100. The van der Waals surface area contributed by atoms with E-state index in [0.29, 0.717) is 0 Å². The summed E-state index contributed by atoms with van der Waals surface area (Å²) in [5, 5.41) is 8.89. The number of aliphatic carboxylic acids is 1. The Morgan fingerprint density at radius 2 is 1.43 bits per heavy atom. The Morgan fingerprint density at radius 3 is 1.64 bits per heavy atom. The van der Waals surface area contributed by atoms with Gasteiger partial charge in [0.15, 0.2) is 0 Å². The van der Waals surface area contributed by atoms with Gasteiger partial charge in [0.2, 0.25) is 0 Å². The third-order valence-corrected chi connectivity index (χ3v) is 4.33. The molecule has 0 saturated heterocycles. The Kier molecular flexibility index (Phi) is 15.1. The molecule has 0 fully saturated rings. The first-order valence-electron chi connectivity index (χ1n) is 5.53. The lowest BCUT2D eigenvalue weighted by Gasteiger charge is -2.02. The van der Waals surface area contributed by atoms with E-state index in [4.69, 9.17) is 9.90 Å². The SMILES string of the molecule is CC(=O)[O-].CCCC[PH+](C)CCCC. The predicted molar refractivity (Wildman–Crippen MR) is 64.5 cm³/mol. The Balaban J connectivity index is 0. The Morgan fingerprint density at radius 1 is 1.14 bits per heavy atom. The molecule has 0 spiro atoms. The summed E-state index contributed by atoms with van der Waals surface area (Å²) in [6.07, 6.45) is 8.79. The molecule has 0 aromatic rings. The van der Waals surface area contributed by atoms with Crippen molar-refractivity contribution < 1.29 is 9.90 Å². The third kappa shape index (κ3) is 22.7. The molecule has 0 rings (SSSR count). The monoisotopic (exact) mass is 220 g/mol. The van der Waals surface area contributed by atoms with E-state index >= 15 is 0 Å². The first-order valence-corrected chi connectivity index (χ1v) is 7.94. The molecule has 0 bridgehead atoms. The Bertz CT molecular complexity index is 114. The largest absolute Gasteiger partial charge is 0.550 e. The molecule has 0 radical (unpaired) electrons. The maximum Gasteiger partial charge on any atom is 0.0569 e. The highest BCUT2D eigenvalue weighted by molar-refractivity contribution is 7.56. The van der Waals surface area contributed by atoms with Crippen LogP contribution in [0.25, 0.3) is 0 Å². The summed E-state index contributed by atoms with van der Waals surface area (Å²) in [7, 11) is 0.0851. The fourth-order valence-corrected chi connectivity index (χ4v) is 3.25. The van der Waals surface area contributed by atoms with Crippen LogP contribution in [-0.2, 0) is 4.79 Å². The molecule has 0 aliphatic carbocycles. The van der Waals surface area contributed by atoms with Crippen molar-refractivity contribution in [1.29, 1.82) is 0 Å². The lowest BCUT2D eigenvalue weighted by Crippen LogP contribution is -2.16. The highest BCUT2D eigenvalue weighted by atomic mass is 31.1. The number of carbonyl (C=O) groups excluding carboxylic acids is 1. The van der Waals surface area contributed by atoms with E-state index < -0.39 is 5.97 Å². The summed E-state index contributed by atoms with van der Waals surface area (Å²) in [5.74, 6) is -1.08. The number of hydrogen-bond acceptors (Lipinski definition) is 2. The van der Waals surface area contributed by atoms with E-state index in [1.54, 1.807) is 12.3 Å². The lowest BCUT2D eigenvalue weighted by atomic mass is 10.4. The van der Waals surface area contributed by atoms with Gasteiger partial charge in [0.05, 0.1) is 12.3 Å². The summed E-state index contributed by atoms with van der Waals surface area (Å²) in [6.45, 7) is 8.03. The van der Waals surface area contributed by atoms with Crippen molar-refractivity contribution >= 4 is 13.9 Å². The smallest absolute Gasteiger partial charge is 0.0569 e. The van der Waals surface area contributed by atoms with Gasteiger partial charge in [-0.2, -0.15) is 0 Å². The van der Waals surface area contributed by atoms with Crippen molar-refractivity contribution in [2.75, 3.05) is 19.0 Å². The predicted octanol–water partition coefficient (Wildman–Crippen LogP) is 2.19. The van der Waals surface area contributed by atoms with Crippen molar-refractivity contribution in [3.8, 4) is 0 Å². The van der Waals surface area contributed by atoms with Gasteiger partial charge in [-0.3, -0.25) is 0 Å². The first kappa shape index (κ1) is 16.3. The Labute approximate surface area is 89.8 Å². The van der Waals surface area contributed by atoms with Gasteiger partial charge in [-0.15, -0.1) is 0 Å². The number of hydrogen-bond donors (Lipinski definition) is 0. The van der Waals surface area contributed by atoms with Gasteiger partial charge in [-0.05, 0) is 27.7 Å². The molecule has 0 amide bonds. The summed E-state index contributed by atoms with van der Waals surface area (Å²) < 4.78 is 0. The van der Waals surface area contributed by atoms with Crippen molar-refractivity contribution in [3.63, 3.8) is 0 Å². The summed E-state index contributed by atoms with van der Waals surface area (Å²) in [5.41, 5.74) is 0. The van der Waals surface area contributed by atoms with E-state index in [-0.39, 0.29) is 7.92 Å². The molecular weight excluding hydrogens is 195 g/mol. The molecule has 0 heterocycles. The lowest BCUT2D eigenvalue weighted by molar-refractivity contribution is -0.302. The number of carbonyl (C=O) groups is 1. The van der Waals surface area contributed by atoms with Crippen LogP contribution in [0.4, 0.5) is 0 Å². The fraction of sp³-hybridized carbons (Fsp3) is 0.909. The van der Waals surface area contributed by atoms with E-state index in [1.807, 2.05) is 0 Å². The van der Waals surface area contributed by atoms with Crippen LogP contribution in [0, 0.1) is 0 Å². The third-order valence-electron chi connectivity index (χ3n) is 1.91. The van der Waals surface area contributed by atoms with Crippen LogP contribution in [-0.4, -0.2) is 25.0 Å². The average molecular weight is 220 g/mol. The summed E-state index contributed by atoms with van der Waals surface area (Å²) in [4.78, 5) is 8.89. The quantitative estimate of drug-likeness (QED) is 0.644. The maximum atomic E-state index is 8.89. The zero-order valence-electron chi connectivity index (χ0n) is 10.1. The van der Waals surface area contributed by atoms with E-state index in [9.17, 15) is 0 Å². The summed E-state index contributed by atoms with van der Waals surface area (Å²) in [6, 6.07) is 0. The van der Waals surface area contributed by atoms with Crippen LogP contribution < -0.4 is 5.11 Å². The van der Waals surface area contributed by atoms with Gasteiger partial charge in [0.25, 0.3) is 0 Å². The van der Waals surface area contributed by atoms with Crippen LogP contribution in [0.2, 0.25) is 0 Å². The molecule has 0 saturated carbocycles. The van der Waals surface area contributed by atoms with Gasteiger partial charge in [-0.25, -0.2) is 0 Å². The van der Waals surface area contributed by atoms with Crippen molar-refractivity contribution in [1.82, 2.24) is 0 Å². The van der Waals surface area contributed by atoms with E-state index in [0.717, 1.165) is 6.92 Å². The van der Waals surface area contributed by atoms with Gasteiger partial charge < -0.3 is 9.90 Å². The molecule has 0 aromatic heterocycles. The molecule has 0 unspecified atom stereocenters. The maximum absolute atomic E-state index is 8.89. The van der Waals surface area contributed by atoms with Gasteiger partial charge in [0, 0.05) is 12.6 Å². The number of carboxylic acids is 1. The van der Waals surface area contributed by atoms with Crippen LogP contribution in [0.15, 0.2) is 0 Å². The first-order chi connectivity index (χ1) is 6.54. The molecule has 86 valence electrons. The van der Waals surface area contributed by atoms with Gasteiger partial charge >= 0.3 is 0 Å². The molecule has 0 atom stereocenters.